The van der Waals surface area contributed by atoms with E-state index in [1.165, 1.54) is 18.5 Å². The Hall–Kier alpha value is -3.82. The van der Waals surface area contributed by atoms with E-state index in [1.807, 2.05) is 0 Å². The molecule has 0 aliphatic rings. The van der Waals surface area contributed by atoms with Crippen molar-refractivity contribution >= 4 is 27.4 Å². The number of pyridine rings is 1. The van der Waals surface area contributed by atoms with Crippen LogP contribution in [0.2, 0.25) is 0 Å². The van der Waals surface area contributed by atoms with Gasteiger partial charge in [0.2, 0.25) is 10.0 Å². The molecule has 0 unspecified atom stereocenters. The van der Waals surface area contributed by atoms with E-state index >= 15 is 0 Å². The summed E-state index contributed by atoms with van der Waals surface area (Å²) in [7, 11) is -0.932. The molecule has 4 N–H and O–H groups in total. The highest BCUT2D eigenvalue weighted by molar-refractivity contribution is 7.89. The average Bonchev–Trinajstić information content (AvgIpc) is 2.78. The number of hydrogen-bond acceptors (Lipinski definition) is 9. The molecule has 0 aliphatic heterocycles. The van der Waals surface area contributed by atoms with E-state index in [4.69, 9.17) is 5.73 Å². The molecule has 0 saturated heterocycles. The highest BCUT2D eigenvalue weighted by Gasteiger charge is 2.34. The van der Waals surface area contributed by atoms with Crippen molar-refractivity contribution in [2.75, 3.05) is 38.2 Å². The summed E-state index contributed by atoms with van der Waals surface area (Å²) in [6.45, 7) is 0.277. The number of amides is 1. The molecule has 1 aromatic carbocycles. The summed E-state index contributed by atoms with van der Waals surface area (Å²) >= 11 is 0. The molecular weight excluding hydrogens is 503 g/mol. The fraction of sp³-hybridized carbons (Fsp3) is 0.238. The van der Waals surface area contributed by atoms with Crippen LogP contribution in [0.25, 0.3) is 11.3 Å². The molecule has 15 heteroatoms. The second kappa shape index (κ2) is 10.8. The third-order valence-corrected chi connectivity index (χ3v) is 6.04. The second-order valence-electron chi connectivity index (χ2n) is 7.60. The zero-order valence-electron chi connectivity index (χ0n) is 19.1. The smallest absolute Gasteiger partial charge is 0.404 e. The van der Waals surface area contributed by atoms with Gasteiger partial charge < -0.3 is 20.7 Å². The number of alkyl halides is 3. The number of nitrogens with one attached hydrogen (secondary N) is 2. The number of ether oxygens (including phenoxy) is 1. The van der Waals surface area contributed by atoms with Crippen LogP contribution in [-0.2, 0) is 10.0 Å². The molecule has 1 amide bonds. The molecular formula is C21H22F3N7O4S. The van der Waals surface area contributed by atoms with Crippen molar-refractivity contribution in [3.8, 4) is 17.0 Å². The first kappa shape index (κ1) is 26.8. The number of anilines is 2. The minimum Gasteiger partial charge on any atom is -0.404 e. The topological polar surface area (TPSA) is 152 Å². The number of nitrogen functional groups attached to an aromatic ring is 1. The van der Waals surface area contributed by atoms with Crippen molar-refractivity contribution in [2.45, 2.75) is 11.3 Å². The molecule has 0 spiro atoms. The monoisotopic (exact) mass is 525 g/mol. The highest BCUT2D eigenvalue weighted by atomic mass is 32.2. The van der Waals surface area contributed by atoms with E-state index in [9.17, 15) is 26.4 Å². The third-order valence-electron chi connectivity index (χ3n) is 4.54. The standard InChI is InChI=1S/C21H22F3N7O4S/c1-31(2)9-8-28-36(33,34)17-6-5-13(10-16(17)35-21(22,23)24)15-12-27-19(25)18(30-15)20(32)29-14-4-3-7-26-11-14/h3-7,10-12,28H,8-9H2,1-2H3,(H2,25,27)(H,29,32). The maximum atomic E-state index is 13.1. The van der Waals surface area contributed by atoms with Crippen molar-refractivity contribution in [1.29, 1.82) is 0 Å². The van der Waals surface area contributed by atoms with Gasteiger partial charge in [-0.05, 0) is 38.4 Å². The van der Waals surface area contributed by atoms with Crippen LogP contribution in [0.4, 0.5) is 24.7 Å². The predicted octanol–water partition coefficient (Wildman–Crippen LogP) is 2.11. The minimum atomic E-state index is -5.17. The fourth-order valence-corrected chi connectivity index (χ4v) is 4.03. The molecule has 0 radical (unpaired) electrons. The molecule has 2 aromatic heterocycles. The summed E-state index contributed by atoms with van der Waals surface area (Å²) < 4.78 is 70.8. The lowest BCUT2D eigenvalue weighted by Gasteiger charge is -2.16. The predicted molar refractivity (Wildman–Crippen MR) is 124 cm³/mol. The third kappa shape index (κ3) is 7.10. The lowest BCUT2D eigenvalue weighted by Crippen LogP contribution is -2.32. The van der Waals surface area contributed by atoms with Gasteiger partial charge >= 0.3 is 6.36 Å². The van der Waals surface area contributed by atoms with Gasteiger partial charge in [0.15, 0.2) is 11.5 Å². The zero-order chi connectivity index (χ0) is 26.5. The number of halogens is 3. The molecule has 11 nitrogen and oxygen atoms in total. The maximum Gasteiger partial charge on any atom is 0.573 e. The van der Waals surface area contributed by atoms with E-state index < -0.39 is 32.9 Å². The van der Waals surface area contributed by atoms with Crippen molar-refractivity contribution in [1.82, 2.24) is 24.6 Å². The first-order valence-electron chi connectivity index (χ1n) is 10.2. The number of aromatic nitrogens is 3. The molecule has 3 aromatic rings. The van der Waals surface area contributed by atoms with Crippen LogP contribution in [0, 0.1) is 0 Å². The number of likely N-dealkylation sites (N-methyl/N-ethyl adjacent to an activating group) is 1. The molecule has 2 heterocycles. The van der Waals surface area contributed by atoms with Crippen molar-refractivity contribution < 1.29 is 31.1 Å². The number of hydrogen-bond donors (Lipinski definition) is 3. The molecule has 192 valence electrons. The van der Waals surface area contributed by atoms with Crippen molar-refractivity contribution in [3.63, 3.8) is 0 Å². The van der Waals surface area contributed by atoms with Crippen LogP contribution in [-0.4, -0.2) is 67.7 Å². The first-order chi connectivity index (χ1) is 16.9. The van der Waals surface area contributed by atoms with Crippen LogP contribution in [0.3, 0.4) is 0 Å². The van der Waals surface area contributed by atoms with Gasteiger partial charge in [-0.15, -0.1) is 13.2 Å². The molecule has 0 saturated carbocycles. The van der Waals surface area contributed by atoms with E-state index in [2.05, 4.69) is 29.7 Å². The van der Waals surface area contributed by atoms with Crippen molar-refractivity contribution in [2.24, 2.45) is 0 Å². The van der Waals surface area contributed by atoms with Gasteiger partial charge in [-0.1, -0.05) is 6.07 Å². The van der Waals surface area contributed by atoms with Gasteiger partial charge in [-0.25, -0.2) is 23.1 Å². The second-order valence-corrected chi connectivity index (χ2v) is 9.33. The Labute approximate surface area is 204 Å². The molecule has 0 bridgehead atoms. The van der Waals surface area contributed by atoms with Crippen LogP contribution >= 0.6 is 0 Å². The largest absolute Gasteiger partial charge is 0.573 e. The van der Waals surface area contributed by atoms with Gasteiger partial charge in [0.1, 0.15) is 10.6 Å². The molecule has 0 fully saturated rings. The Kier molecular flexibility index (Phi) is 8.07. The van der Waals surface area contributed by atoms with E-state index in [0.717, 1.165) is 18.3 Å². The van der Waals surface area contributed by atoms with Crippen LogP contribution < -0.4 is 20.5 Å². The molecule has 0 atom stereocenters. The summed E-state index contributed by atoms with van der Waals surface area (Å²) in [6.07, 6.45) is -1.15. The molecule has 3 rings (SSSR count). The Balaban J connectivity index is 1.98. The molecule has 36 heavy (non-hydrogen) atoms. The van der Waals surface area contributed by atoms with Gasteiger partial charge in [0.25, 0.3) is 5.91 Å². The molecule has 0 aliphatic carbocycles. The average molecular weight is 526 g/mol. The quantitative estimate of drug-likeness (QED) is 0.381. The zero-order valence-corrected chi connectivity index (χ0v) is 19.9. The number of sulfonamides is 1. The van der Waals surface area contributed by atoms with Gasteiger partial charge in [-0.2, -0.15) is 0 Å². The number of carbonyl (C=O) groups excluding carboxylic acids is 1. The summed E-state index contributed by atoms with van der Waals surface area (Å²) in [6, 6.07) is 6.17. The summed E-state index contributed by atoms with van der Waals surface area (Å²) in [4.78, 5) is 25.5. The first-order valence-corrected chi connectivity index (χ1v) is 11.7. The van der Waals surface area contributed by atoms with Gasteiger partial charge in [0, 0.05) is 24.8 Å². The van der Waals surface area contributed by atoms with E-state index in [-0.39, 0.29) is 29.3 Å². The normalized spacial score (nSPS) is 11.9. The Bertz CT molecular complexity index is 1340. The summed E-state index contributed by atoms with van der Waals surface area (Å²) in [5.74, 6) is -1.93. The Morgan fingerprint density at radius 1 is 1.19 bits per heavy atom. The number of nitrogens with two attached hydrogens (primary N) is 1. The van der Waals surface area contributed by atoms with Crippen molar-refractivity contribution in [3.05, 3.63) is 54.6 Å². The lowest BCUT2D eigenvalue weighted by molar-refractivity contribution is -0.275. The lowest BCUT2D eigenvalue weighted by atomic mass is 10.1. The van der Waals surface area contributed by atoms with E-state index in [1.54, 1.807) is 31.1 Å². The Morgan fingerprint density at radius 2 is 1.94 bits per heavy atom. The maximum absolute atomic E-state index is 13.1. The number of benzene rings is 1. The van der Waals surface area contributed by atoms with Crippen LogP contribution in [0.15, 0.2) is 53.8 Å². The van der Waals surface area contributed by atoms with Gasteiger partial charge in [0.05, 0.1) is 23.8 Å². The summed E-state index contributed by atoms with van der Waals surface area (Å²) in [5, 5.41) is 2.53. The van der Waals surface area contributed by atoms with Crippen LogP contribution in [0.5, 0.6) is 5.75 Å². The number of rotatable bonds is 9. The number of nitrogens with zero attached hydrogens (tertiary/aromatic N) is 4. The van der Waals surface area contributed by atoms with Crippen LogP contribution in [0.1, 0.15) is 10.5 Å². The SMILES string of the molecule is CN(C)CCNS(=O)(=O)c1ccc(-c2cnc(N)c(C(=O)Nc3cccnc3)n2)cc1OC(F)(F)F. The highest BCUT2D eigenvalue weighted by Crippen LogP contribution is 2.33. The Morgan fingerprint density at radius 3 is 2.58 bits per heavy atom. The number of carbonyl (C=O) groups is 1. The summed E-state index contributed by atoms with van der Waals surface area (Å²) in [5.41, 5.74) is 5.79. The van der Waals surface area contributed by atoms with E-state index in [0.29, 0.717) is 12.2 Å². The van der Waals surface area contributed by atoms with Gasteiger partial charge in [-0.3, -0.25) is 9.78 Å². The fourth-order valence-electron chi connectivity index (χ4n) is 2.91. The minimum absolute atomic E-state index is 0.00409.